The first-order chi connectivity index (χ1) is 20.2. The van der Waals surface area contributed by atoms with Crippen molar-refractivity contribution >= 4 is 11.7 Å². The molecule has 0 fully saturated rings. The van der Waals surface area contributed by atoms with Gasteiger partial charge in [-0.25, -0.2) is 0 Å². The number of hydrogen-bond donors (Lipinski definition) is 5. The number of aliphatic hydroxyl groups excluding tert-OH is 2. The largest absolute Gasteiger partial charge is 0.511 e. The number of fused-ring (bicyclic) bond motifs is 5. The highest BCUT2D eigenvalue weighted by atomic mass is 16.5. The number of aliphatic hydroxyl groups is 2. The molecule has 2 aliphatic heterocycles. The van der Waals surface area contributed by atoms with Crippen molar-refractivity contribution in [3.8, 4) is 16.9 Å². The first kappa shape index (κ1) is 32.4. The Bertz CT molecular complexity index is 1410. The highest BCUT2D eigenvalue weighted by molar-refractivity contribution is 6.14. The number of carbonyl (C=O) groups is 2. The number of Topliss-reactive ketones (excluding diaryl/α,β-unsaturated/α-hetero) is 1. The Labute approximate surface area is 247 Å². The van der Waals surface area contributed by atoms with Crippen molar-refractivity contribution in [1.29, 1.82) is 0 Å². The van der Waals surface area contributed by atoms with Crippen molar-refractivity contribution in [3.63, 3.8) is 0 Å². The van der Waals surface area contributed by atoms with E-state index < -0.39 is 5.91 Å². The number of hydrogen-bond acceptors (Lipinski definition) is 7. The summed E-state index contributed by atoms with van der Waals surface area (Å²) in [7, 11) is 3.75. The van der Waals surface area contributed by atoms with Crippen LogP contribution in [0.2, 0.25) is 0 Å². The fourth-order valence-corrected chi connectivity index (χ4v) is 6.01. The summed E-state index contributed by atoms with van der Waals surface area (Å²) in [5, 5.41) is 33.5. The van der Waals surface area contributed by atoms with E-state index in [1.165, 1.54) is 0 Å². The summed E-state index contributed by atoms with van der Waals surface area (Å²) in [5.74, 6) is -1.07. The second kappa shape index (κ2) is 14.7. The Balaban J connectivity index is 0.000000910. The number of aromatic hydroxyl groups is 1. The maximum absolute atomic E-state index is 14.0. The van der Waals surface area contributed by atoms with Crippen LogP contribution in [-0.4, -0.2) is 54.3 Å². The van der Waals surface area contributed by atoms with E-state index in [-0.39, 0.29) is 59.7 Å². The number of nitrogens with two attached hydrogens (primary N) is 1. The molecular formula is C34H42N2O6. The Hall–Kier alpha value is -4.14. The van der Waals surface area contributed by atoms with Crippen LogP contribution in [0.4, 0.5) is 0 Å². The second-order valence-corrected chi connectivity index (χ2v) is 10.7. The molecule has 0 spiro atoms. The molecular weight excluding hydrogens is 532 g/mol. The van der Waals surface area contributed by atoms with E-state index in [9.17, 15) is 24.9 Å². The van der Waals surface area contributed by atoms with Gasteiger partial charge in [0, 0.05) is 30.9 Å². The van der Waals surface area contributed by atoms with Crippen LogP contribution in [-0.2, 0) is 22.4 Å². The minimum atomic E-state index is -0.756. The molecule has 0 radical (unpaired) electrons. The molecule has 3 aliphatic rings. The van der Waals surface area contributed by atoms with Gasteiger partial charge >= 0.3 is 0 Å². The SMILES string of the molecule is C=C.C=C1CC2=C3C(=O)c4c(O)ccc(-c5cccc(CCCO)c5)c4CC3CC(CO2)C/C(O)=C\1C(N)=O.CNC. The summed E-state index contributed by atoms with van der Waals surface area (Å²) in [6.07, 6.45) is 2.81. The minimum absolute atomic E-state index is 0.00178. The molecule has 2 heterocycles. The normalized spacial score (nSPS) is 21.1. The standard InChI is InChI=1S/C30H31NO6.C2H7N.C2H4/c1-16-10-25-27-20(12-18(15-37-25)13-24(34)26(16)30(31)36)14-22-21(7-8-23(33)28(22)29(27)35)19-6-2-4-17(11-19)5-3-9-32;1-3-2;1-2/h2,4,6-8,11,18,20,32-34H,1,3,5,9-10,12-15H2,(H2,31,36);3H,1-2H3;1-2H2/b26-24-;;. The summed E-state index contributed by atoms with van der Waals surface area (Å²) in [6.45, 7) is 10.4. The van der Waals surface area contributed by atoms with E-state index in [1.807, 2.05) is 38.4 Å². The van der Waals surface area contributed by atoms with Crippen LogP contribution in [0.25, 0.3) is 11.1 Å². The van der Waals surface area contributed by atoms with E-state index in [4.69, 9.17) is 10.5 Å². The van der Waals surface area contributed by atoms with Crippen molar-refractivity contribution in [2.45, 2.75) is 38.5 Å². The molecule has 2 aromatic carbocycles. The van der Waals surface area contributed by atoms with Gasteiger partial charge in [-0.3, -0.25) is 9.59 Å². The third kappa shape index (κ3) is 6.83. The number of carbonyl (C=O) groups excluding carboxylic acids is 2. The van der Waals surface area contributed by atoms with Gasteiger partial charge in [0.05, 0.1) is 17.7 Å². The highest BCUT2D eigenvalue weighted by Crippen LogP contribution is 2.46. The fraction of sp³-hybridized carbons (Fsp3) is 0.353. The van der Waals surface area contributed by atoms with E-state index >= 15 is 0 Å². The molecule has 2 bridgehead atoms. The molecule has 0 saturated carbocycles. The number of phenols is 1. The van der Waals surface area contributed by atoms with Gasteiger partial charge in [0.25, 0.3) is 5.91 Å². The Morgan fingerprint density at radius 2 is 1.86 bits per heavy atom. The molecule has 1 amide bonds. The van der Waals surface area contributed by atoms with Gasteiger partial charge < -0.3 is 31.1 Å². The lowest BCUT2D eigenvalue weighted by Gasteiger charge is -2.30. The first-order valence-corrected chi connectivity index (χ1v) is 14.1. The van der Waals surface area contributed by atoms with E-state index in [0.29, 0.717) is 42.8 Å². The van der Waals surface area contributed by atoms with Crippen LogP contribution in [0.15, 0.2) is 84.4 Å². The topological polar surface area (TPSA) is 142 Å². The summed E-state index contributed by atoms with van der Waals surface area (Å²) in [4.78, 5) is 26.0. The zero-order chi connectivity index (χ0) is 31.0. The smallest absolute Gasteiger partial charge is 0.252 e. The fourth-order valence-electron chi connectivity index (χ4n) is 6.01. The minimum Gasteiger partial charge on any atom is -0.511 e. The number of ketones is 1. The molecule has 8 heteroatoms. The Morgan fingerprint density at radius 3 is 2.52 bits per heavy atom. The highest BCUT2D eigenvalue weighted by Gasteiger charge is 2.41. The number of phenolic OH excluding ortho intramolecular Hbond substituents is 1. The van der Waals surface area contributed by atoms with Gasteiger partial charge in [0.2, 0.25) is 0 Å². The van der Waals surface area contributed by atoms with Crippen LogP contribution in [0, 0.1) is 11.8 Å². The van der Waals surface area contributed by atoms with Gasteiger partial charge in [0.1, 0.15) is 17.3 Å². The number of ether oxygens (including phenoxy) is 1. The van der Waals surface area contributed by atoms with Gasteiger partial charge in [-0.15, -0.1) is 13.2 Å². The Kier molecular flexibility index (Phi) is 11.3. The molecule has 0 saturated heterocycles. The summed E-state index contributed by atoms with van der Waals surface area (Å²) >= 11 is 0. The summed E-state index contributed by atoms with van der Waals surface area (Å²) < 4.78 is 6.10. The van der Waals surface area contributed by atoms with Crippen LogP contribution in [0.5, 0.6) is 5.75 Å². The molecule has 5 rings (SSSR count). The van der Waals surface area contributed by atoms with Gasteiger partial charge in [-0.1, -0.05) is 36.9 Å². The number of rotatable bonds is 5. The van der Waals surface area contributed by atoms with E-state index in [0.717, 1.165) is 28.7 Å². The molecule has 42 heavy (non-hydrogen) atoms. The lowest BCUT2D eigenvalue weighted by molar-refractivity contribution is -0.114. The molecule has 6 N–H and O–H groups in total. The van der Waals surface area contributed by atoms with Crippen molar-refractivity contribution in [3.05, 3.63) is 101 Å². The number of benzene rings is 2. The average molecular weight is 575 g/mol. The second-order valence-electron chi connectivity index (χ2n) is 10.7. The van der Waals surface area contributed by atoms with Crippen molar-refractivity contribution in [2.24, 2.45) is 17.6 Å². The molecule has 224 valence electrons. The van der Waals surface area contributed by atoms with Gasteiger partial charge in [-0.05, 0) is 79.6 Å². The first-order valence-electron chi connectivity index (χ1n) is 14.1. The third-order valence-corrected chi connectivity index (χ3v) is 7.64. The molecule has 2 unspecified atom stereocenters. The van der Waals surface area contributed by atoms with E-state index in [2.05, 4.69) is 31.1 Å². The quantitative estimate of drug-likeness (QED) is 0.319. The maximum Gasteiger partial charge on any atom is 0.252 e. The van der Waals surface area contributed by atoms with Gasteiger partial charge in [-0.2, -0.15) is 0 Å². The lowest BCUT2D eigenvalue weighted by atomic mass is 9.71. The van der Waals surface area contributed by atoms with Crippen LogP contribution >= 0.6 is 0 Å². The average Bonchev–Trinajstić information content (AvgIpc) is 3.08. The van der Waals surface area contributed by atoms with Crippen LogP contribution in [0.3, 0.4) is 0 Å². The van der Waals surface area contributed by atoms with Crippen molar-refractivity contribution in [2.75, 3.05) is 27.3 Å². The molecule has 0 aromatic heterocycles. The third-order valence-electron chi connectivity index (χ3n) is 7.64. The predicted molar refractivity (Wildman–Crippen MR) is 165 cm³/mol. The number of allylic oxidation sites excluding steroid dienone is 3. The number of amides is 1. The number of primary amides is 1. The zero-order valence-electron chi connectivity index (χ0n) is 24.5. The van der Waals surface area contributed by atoms with Crippen LogP contribution in [0.1, 0.15) is 47.2 Å². The molecule has 2 aromatic rings. The zero-order valence-corrected chi connectivity index (χ0v) is 24.5. The van der Waals surface area contributed by atoms with Crippen LogP contribution < -0.4 is 11.1 Å². The molecule has 1 aliphatic carbocycles. The molecule has 8 nitrogen and oxygen atoms in total. The molecule has 2 atom stereocenters. The summed E-state index contributed by atoms with van der Waals surface area (Å²) in [6, 6.07) is 11.5. The van der Waals surface area contributed by atoms with Crippen molar-refractivity contribution < 1.29 is 29.6 Å². The van der Waals surface area contributed by atoms with Gasteiger partial charge in [0.15, 0.2) is 5.78 Å². The Morgan fingerprint density at radius 1 is 1.14 bits per heavy atom. The predicted octanol–water partition coefficient (Wildman–Crippen LogP) is 4.91. The lowest BCUT2D eigenvalue weighted by Crippen LogP contribution is -2.27. The monoisotopic (exact) mass is 574 g/mol. The number of nitrogens with one attached hydrogen (secondary N) is 1. The summed E-state index contributed by atoms with van der Waals surface area (Å²) in [5.41, 5.74) is 10.4. The number of aryl methyl sites for hydroxylation is 1. The maximum atomic E-state index is 14.0. The van der Waals surface area contributed by atoms with Crippen molar-refractivity contribution in [1.82, 2.24) is 5.32 Å². The van der Waals surface area contributed by atoms with E-state index in [1.54, 1.807) is 6.07 Å².